The lowest BCUT2D eigenvalue weighted by atomic mass is 10.00. The van der Waals surface area contributed by atoms with E-state index in [9.17, 15) is 23.1 Å². The molecule has 0 aliphatic heterocycles. The Morgan fingerprint density at radius 3 is 2.30 bits per heavy atom. The number of aromatic carboxylic acids is 1. The number of carbonyl (C=O) groups is 2. The molecule has 250 valence electrons. The monoisotopic (exact) mass is 683 g/mol. The van der Waals surface area contributed by atoms with E-state index in [-0.39, 0.29) is 53.0 Å². The molecule has 0 fully saturated rings. The number of hydrogen-bond acceptors (Lipinski definition) is 10. The van der Waals surface area contributed by atoms with Crippen molar-refractivity contribution < 1.29 is 32.6 Å². The number of methoxy groups -OCH3 is 1. The summed E-state index contributed by atoms with van der Waals surface area (Å²) in [6.45, 7) is 8.73. The van der Waals surface area contributed by atoms with Crippen LogP contribution >= 0.6 is 12.4 Å². The number of hydrogen-bond donors (Lipinski definition) is 3. The number of halogens is 1. The highest BCUT2D eigenvalue weighted by Crippen LogP contribution is 2.29. The first-order chi connectivity index (χ1) is 21.9. The molecule has 0 bridgehead atoms. The van der Waals surface area contributed by atoms with E-state index in [1.54, 1.807) is 24.4 Å². The van der Waals surface area contributed by atoms with E-state index in [1.807, 2.05) is 32.0 Å². The number of nitrogens with one attached hydrogen (secondary N) is 2. The predicted octanol–water partition coefficient (Wildman–Crippen LogP) is 5.45. The molecule has 2 heterocycles. The Kier molecular flexibility index (Phi) is 12.8. The molecular formula is C33H38ClN5O7S. The Morgan fingerprint density at radius 2 is 1.68 bits per heavy atom. The second-order valence-electron chi connectivity index (χ2n) is 11.2. The molecular weight excluding hydrogens is 646 g/mol. The topological polar surface area (TPSA) is 170 Å². The van der Waals surface area contributed by atoms with Crippen molar-refractivity contribution >= 4 is 40.3 Å². The second kappa shape index (κ2) is 16.3. The number of benzene rings is 2. The molecule has 0 amide bonds. The number of esters is 1. The van der Waals surface area contributed by atoms with Gasteiger partial charge in [-0.1, -0.05) is 44.2 Å². The highest BCUT2D eigenvalue weighted by atomic mass is 35.5. The number of aryl methyl sites for hydroxylation is 2. The number of sulfonamides is 1. The third-order valence-electron chi connectivity index (χ3n) is 7.06. The fourth-order valence-corrected chi connectivity index (χ4v) is 5.84. The lowest BCUT2D eigenvalue weighted by Gasteiger charge is -2.21. The zero-order valence-electron chi connectivity index (χ0n) is 26.7. The summed E-state index contributed by atoms with van der Waals surface area (Å²) in [5, 5.41) is 12.8. The Hall–Kier alpha value is -4.59. The van der Waals surface area contributed by atoms with Gasteiger partial charge >= 0.3 is 11.9 Å². The number of aromatic nitrogens is 3. The van der Waals surface area contributed by atoms with Crippen LogP contribution in [-0.4, -0.2) is 60.2 Å². The van der Waals surface area contributed by atoms with Crippen LogP contribution in [0.1, 0.15) is 57.8 Å². The Bertz CT molecular complexity index is 1800. The number of pyridine rings is 1. The molecule has 0 saturated heterocycles. The third kappa shape index (κ3) is 9.95. The molecule has 0 aliphatic rings. The second-order valence-corrected chi connectivity index (χ2v) is 12.9. The van der Waals surface area contributed by atoms with Crippen molar-refractivity contribution in [3.63, 3.8) is 0 Å². The van der Waals surface area contributed by atoms with Crippen molar-refractivity contribution in [2.75, 3.05) is 18.4 Å². The molecule has 0 spiro atoms. The number of carbonyl (C=O) groups excluding carboxylic acids is 1. The van der Waals surface area contributed by atoms with Crippen molar-refractivity contribution in [2.45, 2.75) is 51.6 Å². The van der Waals surface area contributed by atoms with Crippen molar-refractivity contribution in [2.24, 2.45) is 5.92 Å². The summed E-state index contributed by atoms with van der Waals surface area (Å²) >= 11 is 0. The van der Waals surface area contributed by atoms with Gasteiger partial charge in [0.2, 0.25) is 11.8 Å². The normalized spacial score (nSPS) is 11.8. The van der Waals surface area contributed by atoms with Gasteiger partial charge in [-0.2, -0.15) is 4.98 Å². The maximum absolute atomic E-state index is 13.3. The fourth-order valence-electron chi connectivity index (χ4n) is 4.85. The standard InChI is InChI=1S/C33H37N5O7S.ClH/c1-20(2)14-25(34-17-23-12-13-27(35-18-23)32(41)44-5)19-45-29-16-28(30-21(3)8-6-9-22(30)4)36-33(37-29)38-46(42,43)26-11-7-10-24(15-26)31(39)40;/h6-13,15-16,18,20,25,34H,14,17,19H2,1-5H3,(H,39,40)(H,36,37,38);1H/t25-;/m1./s1. The summed E-state index contributed by atoms with van der Waals surface area (Å²) in [5.41, 5.74) is 4.04. The van der Waals surface area contributed by atoms with Gasteiger partial charge in [0, 0.05) is 30.4 Å². The van der Waals surface area contributed by atoms with Gasteiger partial charge < -0.3 is 19.9 Å². The number of carboxylic acid groups (broad SMARTS) is 1. The Morgan fingerprint density at radius 1 is 0.979 bits per heavy atom. The summed E-state index contributed by atoms with van der Waals surface area (Å²) < 4.78 is 39.9. The number of nitrogens with zero attached hydrogens (tertiary/aromatic N) is 3. The van der Waals surface area contributed by atoms with E-state index in [4.69, 9.17) is 9.47 Å². The maximum Gasteiger partial charge on any atom is 0.356 e. The third-order valence-corrected chi connectivity index (χ3v) is 8.39. The molecule has 4 aromatic rings. The molecule has 1 atom stereocenters. The molecule has 2 aromatic heterocycles. The van der Waals surface area contributed by atoms with Crippen LogP contribution in [0, 0.1) is 19.8 Å². The summed E-state index contributed by atoms with van der Waals surface area (Å²) in [4.78, 5) is 35.9. The van der Waals surface area contributed by atoms with Crippen molar-refractivity contribution in [1.29, 1.82) is 0 Å². The van der Waals surface area contributed by atoms with Gasteiger partial charge in [-0.05, 0) is 67.1 Å². The first-order valence-corrected chi connectivity index (χ1v) is 16.1. The van der Waals surface area contributed by atoms with E-state index >= 15 is 0 Å². The van der Waals surface area contributed by atoms with Crippen LogP contribution in [-0.2, 0) is 21.3 Å². The first kappa shape index (κ1) is 36.9. The highest BCUT2D eigenvalue weighted by molar-refractivity contribution is 7.92. The smallest absolute Gasteiger partial charge is 0.356 e. The van der Waals surface area contributed by atoms with Crippen LogP contribution in [0.3, 0.4) is 0 Å². The largest absolute Gasteiger partial charge is 0.478 e. The molecule has 12 nitrogen and oxygen atoms in total. The number of ether oxygens (including phenoxy) is 2. The number of rotatable bonds is 14. The molecule has 4 rings (SSSR count). The van der Waals surface area contributed by atoms with Gasteiger partial charge in [0.05, 0.1) is 23.3 Å². The number of anilines is 1. The zero-order valence-corrected chi connectivity index (χ0v) is 28.3. The van der Waals surface area contributed by atoms with Crippen molar-refractivity contribution in [3.8, 4) is 17.1 Å². The minimum Gasteiger partial charge on any atom is -0.478 e. The van der Waals surface area contributed by atoms with Crippen LogP contribution in [0.5, 0.6) is 5.88 Å². The minimum absolute atomic E-state index is 0. The minimum atomic E-state index is -4.24. The molecule has 0 aliphatic carbocycles. The van der Waals surface area contributed by atoms with E-state index in [0.29, 0.717) is 18.2 Å². The summed E-state index contributed by atoms with van der Waals surface area (Å²) in [6, 6.07) is 15.8. The summed E-state index contributed by atoms with van der Waals surface area (Å²) in [7, 11) is -2.94. The quantitative estimate of drug-likeness (QED) is 0.145. The van der Waals surface area contributed by atoms with E-state index in [2.05, 4.69) is 38.8 Å². The van der Waals surface area contributed by atoms with Gasteiger partial charge in [-0.15, -0.1) is 12.4 Å². The molecule has 0 unspecified atom stereocenters. The Balaban J connectivity index is 0.00000600. The SMILES string of the molecule is COC(=O)c1ccc(CN[C@@H](COc2cc(-c3c(C)cccc3C)nc(NS(=O)(=O)c3cccc(C(=O)O)c3)n2)CC(C)C)cn1.Cl. The zero-order chi connectivity index (χ0) is 33.4. The van der Waals surface area contributed by atoms with Crippen LogP contribution in [0.4, 0.5) is 5.95 Å². The van der Waals surface area contributed by atoms with Gasteiger partial charge in [0.15, 0.2) is 0 Å². The van der Waals surface area contributed by atoms with Gasteiger partial charge in [-0.25, -0.2) is 32.7 Å². The van der Waals surface area contributed by atoms with Crippen molar-refractivity contribution in [3.05, 3.63) is 94.8 Å². The average molecular weight is 684 g/mol. The van der Waals surface area contributed by atoms with Gasteiger partial charge in [0.25, 0.3) is 10.0 Å². The van der Waals surface area contributed by atoms with Crippen LogP contribution in [0.2, 0.25) is 0 Å². The van der Waals surface area contributed by atoms with E-state index in [1.165, 1.54) is 25.3 Å². The lowest BCUT2D eigenvalue weighted by Crippen LogP contribution is -2.35. The van der Waals surface area contributed by atoms with Crippen molar-refractivity contribution in [1.82, 2.24) is 20.3 Å². The first-order valence-electron chi connectivity index (χ1n) is 14.6. The molecule has 3 N–H and O–H groups in total. The summed E-state index contributed by atoms with van der Waals surface area (Å²) in [5.74, 6) is -1.49. The van der Waals surface area contributed by atoms with Crippen LogP contribution in [0.25, 0.3) is 11.3 Å². The van der Waals surface area contributed by atoms with E-state index in [0.717, 1.165) is 34.7 Å². The molecule has 14 heteroatoms. The lowest BCUT2D eigenvalue weighted by molar-refractivity contribution is 0.0593. The van der Waals surface area contributed by atoms with Crippen LogP contribution < -0.4 is 14.8 Å². The molecule has 0 radical (unpaired) electrons. The number of carboxylic acids is 1. The Labute approximate surface area is 280 Å². The van der Waals surface area contributed by atoms with Crippen LogP contribution in [0.15, 0.2) is 71.8 Å². The molecule has 2 aromatic carbocycles. The summed E-state index contributed by atoms with van der Waals surface area (Å²) in [6.07, 6.45) is 2.38. The maximum atomic E-state index is 13.3. The molecule has 0 saturated carbocycles. The predicted molar refractivity (Wildman–Crippen MR) is 180 cm³/mol. The fraction of sp³-hybridized carbons (Fsp3) is 0.303. The van der Waals surface area contributed by atoms with E-state index < -0.39 is 22.0 Å². The van der Waals surface area contributed by atoms with Gasteiger partial charge in [-0.3, -0.25) is 0 Å². The highest BCUT2D eigenvalue weighted by Gasteiger charge is 2.21. The molecule has 47 heavy (non-hydrogen) atoms. The van der Waals surface area contributed by atoms with Gasteiger partial charge in [0.1, 0.15) is 12.3 Å². The average Bonchev–Trinajstić information content (AvgIpc) is 3.01.